The number of allylic oxidation sites excluding steroid dienone is 1. The molecule has 0 saturated carbocycles. The van der Waals surface area contributed by atoms with Crippen LogP contribution in [0.15, 0.2) is 54.4 Å². The summed E-state index contributed by atoms with van der Waals surface area (Å²) in [6.07, 6.45) is 0. The molecule has 2 heteroatoms. The zero-order chi connectivity index (χ0) is 13.4. The molecule has 0 saturated heterocycles. The quantitative estimate of drug-likeness (QED) is 0.521. The minimum Gasteiger partial charge on any atom is -0.142 e. The Bertz CT molecular complexity index is 768. The van der Waals surface area contributed by atoms with Gasteiger partial charge in [0.15, 0.2) is 0 Å². The highest BCUT2D eigenvalue weighted by atomic mass is 35.5. The number of benzene rings is 2. The minimum absolute atomic E-state index is 0.821. The van der Waals surface area contributed by atoms with Crippen LogP contribution in [0.4, 0.5) is 0 Å². The van der Waals surface area contributed by atoms with E-state index in [1.165, 1.54) is 21.9 Å². The van der Waals surface area contributed by atoms with Crippen molar-refractivity contribution in [3.8, 4) is 10.4 Å². The number of hydrogen-bond acceptors (Lipinski definition) is 1. The van der Waals surface area contributed by atoms with Crippen molar-refractivity contribution >= 4 is 39.3 Å². The van der Waals surface area contributed by atoms with Gasteiger partial charge in [0.25, 0.3) is 0 Å². The Morgan fingerprint density at radius 1 is 1.16 bits per heavy atom. The molecule has 0 amide bonds. The molecule has 0 nitrogen and oxygen atoms in total. The normalized spacial score (nSPS) is 10.8. The topological polar surface area (TPSA) is 0 Å². The van der Waals surface area contributed by atoms with Gasteiger partial charge in [-0.2, -0.15) is 0 Å². The van der Waals surface area contributed by atoms with Crippen LogP contribution < -0.4 is 0 Å². The number of rotatable bonds is 2. The second kappa shape index (κ2) is 4.84. The molecule has 19 heavy (non-hydrogen) atoms. The number of fused-ring (bicyclic) bond motifs is 1. The van der Waals surface area contributed by atoms with Crippen LogP contribution in [0.5, 0.6) is 0 Å². The van der Waals surface area contributed by atoms with E-state index in [-0.39, 0.29) is 0 Å². The van der Waals surface area contributed by atoms with Crippen LogP contribution in [-0.2, 0) is 0 Å². The number of halogens is 1. The Balaban J connectivity index is 2.28. The summed E-state index contributed by atoms with van der Waals surface area (Å²) in [6, 6.07) is 14.7. The van der Waals surface area contributed by atoms with Gasteiger partial charge in [-0.3, -0.25) is 0 Å². The summed E-state index contributed by atoms with van der Waals surface area (Å²) in [5, 5.41) is 5.31. The minimum atomic E-state index is 0.821. The van der Waals surface area contributed by atoms with Crippen LogP contribution in [0.3, 0.4) is 0 Å². The molecule has 0 N–H and O–H groups in total. The average Bonchev–Trinajstić information content (AvgIpc) is 2.83. The van der Waals surface area contributed by atoms with Gasteiger partial charge in [0, 0.05) is 5.56 Å². The predicted molar refractivity (Wildman–Crippen MR) is 87.0 cm³/mol. The predicted octanol–water partition coefficient (Wildman–Crippen LogP) is 6.25. The average molecular weight is 285 g/mol. The van der Waals surface area contributed by atoms with Gasteiger partial charge in [0.05, 0.1) is 9.90 Å². The molecular weight excluding hydrogens is 272 g/mol. The molecule has 1 heterocycles. The van der Waals surface area contributed by atoms with Crippen molar-refractivity contribution in [2.45, 2.75) is 6.92 Å². The molecule has 3 rings (SSSR count). The molecule has 1 aromatic heterocycles. The first kappa shape index (κ1) is 12.5. The van der Waals surface area contributed by atoms with E-state index >= 15 is 0 Å². The zero-order valence-corrected chi connectivity index (χ0v) is 12.2. The van der Waals surface area contributed by atoms with E-state index in [9.17, 15) is 0 Å². The highest BCUT2D eigenvalue weighted by Crippen LogP contribution is 2.37. The highest BCUT2D eigenvalue weighted by molar-refractivity contribution is 7.14. The van der Waals surface area contributed by atoms with E-state index < -0.39 is 0 Å². The van der Waals surface area contributed by atoms with Crippen molar-refractivity contribution < 1.29 is 0 Å². The molecule has 0 aliphatic carbocycles. The van der Waals surface area contributed by atoms with Gasteiger partial charge in [0.1, 0.15) is 0 Å². The summed E-state index contributed by atoms with van der Waals surface area (Å²) in [5.41, 5.74) is 3.47. The Kier molecular flexibility index (Phi) is 3.17. The summed E-state index contributed by atoms with van der Waals surface area (Å²) in [7, 11) is 0. The smallest absolute Gasteiger partial charge is 0.0592 e. The fourth-order valence-corrected chi connectivity index (χ4v) is 3.43. The fourth-order valence-electron chi connectivity index (χ4n) is 2.23. The zero-order valence-electron chi connectivity index (χ0n) is 10.6. The summed E-state index contributed by atoms with van der Waals surface area (Å²) in [5.74, 6) is 0. The maximum absolute atomic E-state index is 6.25. The number of thiophene rings is 1. The SMILES string of the molecule is C=C(C)c1ccc2c(-c3sccc3Cl)cccc2c1. The molecule has 0 bridgehead atoms. The fraction of sp³-hybridized carbons (Fsp3) is 0.0588. The van der Waals surface area contributed by atoms with E-state index in [1.807, 2.05) is 18.4 Å². The molecule has 0 aliphatic rings. The van der Waals surface area contributed by atoms with Crippen molar-refractivity contribution in [1.82, 2.24) is 0 Å². The molecule has 3 aromatic rings. The van der Waals surface area contributed by atoms with Crippen LogP contribution in [0, 0.1) is 0 Å². The second-order valence-electron chi connectivity index (χ2n) is 4.62. The maximum atomic E-state index is 6.25. The Morgan fingerprint density at radius 3 is 2.68 bits per heavy atom. The van der Waals surface area contributed by atoms with Gasteiger partial charge in [-0.05, 0) is 40.8 Å². The van der Waals surface area contributed by atoms with Gasteiger partial charge in [-0.15, -0.1) is 11.3 Å². The number of hydrogen-bond donors (Lipinski definition) is 0. The molecule has 0 fully saturated rings. The third-order valence-corrected chi connectivity index (χ3v) is 4.61. The summed E-state index contributed by atoms with van der Waals surface area (Å²) >= 11 is 7.93. The highest BCUT2D eigenvalue weighted by Gasteiger charge is 2.09. The Labute approximate surface area is 122 Å². The monoisotopic (exact) mass is 284 g/mol. The van der Waals surface area contributed by atoms with Crippen molar-refractivity contribution in [2.75, 3.05) is 0 Å². The van der Waals surface area contributed by atoms with E-state index in [2.05, 4.69) is 43.0 Å². The summed E-state index contributed by atoms with van der Waals surface area (Å²) in [6.45, 7) is 6.03. The summed E-state index contributed by atoms with van der Waals surface area (Å²) < 4.78 is 0. The first-order valence-electron chi connectivity index (χ1n) is 6.09. The lowest BCUT2D eigenvalue weighted by molar-refractivity contribution is 1.62. The molecule has 0 radical (unpaired) electrons. The molecule has 0 aliphatic heterocycles. The van der Waals surface area contributed by atoms with Gasteiger partial charge >= 0.3 is 0 Å². The van der Waals surface area contributed by atoms with Gasteiger partial charge < -0.3 is 0 Å². The van der Waals surface area contributed by atoms with Gasteiger partial charge in [-0.25, -0.2) is 0 Å². The molecular formula is C17H13ClS. The van der Waals surface area contributed by atoms with Crippen LogP contribution in [0.25, 0.3) is 26.8 Å². The molecule has 94 valence electrons. The van der Waals surface area contributed by atoms with E-state index in [0.717, 1.165) is 15.5 Å². The van der Waals surface area contributed by atoms with Crippen LogP contribution >= 0.6 is 22.9 Å². The second-order valence-corrected chi connectivity index (χ2v) is 5.94. The van der Waals surface area contributed by atoms with Crippen molar-refractivity contribution in [2.24, 2.45) is 0 Å². The van der Waals surface area contributed by atoms with Crippen LogP contribution in [0.2, 0.25) is 5.02 Å². The van der Waals surface area contributed by atoms with E-state index in [4.69, 9.17) is 11.6 Å². The molecule has 0 spiro atoms. The Hall–Kier alpha value is -1.57. The lowest BCUT2D eigenvalue weighted by Gasteiger charge is -2.08. The lowest BCUT2D eigenvalue weighted by Crippen LogP contribution is -1.82. The first-order chi connectivity index (χ1) is 9.16. The maximum Gasteiger partial charge on any atom is 0.0592 e. The van der Waals surface area contributed by atoms with Crippen molar-refractivity contribution in [3.63, 3.8) is 0 Å². The lowest BCUT2D eigenvalue weighted by atomic mass is 9.99. The van der Waals surface area contributed by atoms with E-state index in [0.29, 0.717) is 0 Å². The first-order valence-corrected chi connectivity index (χ1v) is 7.34. The van der Waals surface area contributed by atoms with Crippen molar-refractivity contribution in [1.29, 1.82) is 0 Å². The van der Waals surface area contributed by atoms with Crippen molar-refractivity contribution in [3.05, 3.63) is 65.0 Å². The van der Waals surface area contributed by atoms with Crippen LogP contribution in [0.1, 0.15) is 12.5 Å². The standard InChI is InChI=1S/C17H13ClS/c1-11(2)12-6-7-14-13(10-12)4-3-5-15(14)17-16(18)8-9-19-17/h3-10H,1H2,2H3. The molecule has 0 atom stereocenters. The largest absolute Gasteiger partial charge is 0.142 e. The summed E-state index contributed by atoms with van der Waals surface area (Å²) in [4.78, 5) is 1.13. The van der Waals surface area contributed by atoms with Gasteiger partial charge in [-0.1, -0.05) is 54.1 Å². The van der Waals surface area contributed by atoms with E-state index in [1.54, 1.807) is 11.3 Å². The third kappa shape index (κ3) is 2.20. The molecule has 0 unspecified atom stereocenters. The van der Waals surface area contributed by atoms with Crippen LogP contribution in [-0.4, -0.2) is 0 Å². The Morgan fingerprint density at radius 2 is 2.00 bits per heavy atom. The third-order valence-electron chi connectivity index (χ3n) is 3.24. The molecule has 2 aromatic carbocycles. The van der Waals surface area contributed by atoms with Gasteiger partial charge in [0.2, 0.25) is 0 Å².